The van der Waals surface area contributed by atoms with E-state index < -0.39 is 5.60 Å². The summed E-state index contributed by atoms with van der Waals surface area (Å²) in [6.07, 6.45) is 7.88. The molecule has 0 N–H and O–H groups in total. The zero-order valence-electron chi connectivity index (χ0n) is 11.7. The van der Waals surface area contributed by atoms with E-state index in [1.165, 1.54) is 24.8 Å². The highest BCUT2D eigenvalue weighted by atomic mass is 16.5. The van der Waals surface area contributed by atoms with Crippen molar-refractivity contribution >= 4 is 5.78 Å². The third-order valence-corrected chi connectivity index (χ3v) is 4.97. The number of carbonyl (C=O) groups excluding carboxylic acids is 1. The molecule has 2 fully saturated rings. The van der Waals surface area contributed by atoms with Gasteiger partial charge in [0.15, 0.2) is 5.78 Å². The third kappa shape index (κ3) is 2.23. The molecule has 0 spiro atoms. The van der Waals surface area contributed by atoms with E-state index in [4.69, 9.17) is 4.74 Å². The van der Waals surface area contributed by atoms with Gasteiger partial charge in [-0.25, -0.2) is 0 Å². The van der Waals surface area contributed by atoms with Crippen LogP contribution < -0.4 is 0 Å². The molecular weight excluding hydrogens is 236 g/mol. The van der Waals surface area contributed by atoms with Crippen LogP contribution >= 0.6 is 0 Å². The van der Waals surface area contributed by atoms with Crippen LogP contribution in [0.3, 0.4) is 0 Å². The summed E-state index contributed by atoms with van der Waals surface area (Å²) in [7, 11) is 1.67. The van der Waals surface area contributed by atoms with Gasteiger partial charge in [0.25, 0.3) is 0 Å². The second-order valence-corrected chi connectivity index (χ2v) is 5.98. The van der Waals surface area contributed by atoms with E-state index in [1.807, 2.05) is 12.1 Å². The second kappa shape index (κ2) is 5.09. The summed E-state index contributed by atoms with van der Waals surface area (Å²) in [6.45, 7) is 0. The van der Waals surface area contributed by atoms with E-state index in [9.17, 15) is 4.79 Å². The number of ketones is 1. The molecule has 0 amide bonds. The van der Waals surface area contributed by atoms with Gasteiger partial charge in [0.1, 0.15) is 5.60 Å². The molecule has 2 aliphatic rings. The van der Waals surface area contributed by atoms with E-state index in [0.717, 1.165) is 37.2 Å². The Balaban J connectivity index is 1.79. The Morgan fingerprint density at radius 1 is 1.11 bits per heavy atom. The van der Waals surface area contributed by atoms with Crippen LogP contribution in [0.2, 0.25) is 0 Å². The Bertz CT molecular complexity index is 451. The first kappa shape index (κ1) is 12.9. The Morgan fingerprint density at radius 2 is 1.74 bits per heavy atom. The van der Waals surface area contributed by atoms with E-state index in [-0.39, 0.29) is 5.78 Å². The van der Waals surface area contributed by atoms with Crippen LogP contribution in [-0.4, -0.2) is 18.5 Å². The zero-order chi connectivity index (χ0) is 13.3. The quantitative estimate of drug-likeness (QED) is 0.760. The van der Waals surface area contributed by atoms with E-state index in [0.29, 0.717) is 0 Å². The van der Waals surface area contributed by atoms with Gasteiger partial charge in [-0.1, -0.05) is 30.7 Å². The predicted octanol–water partition coefficient (Wildman–Crippen LogP) is 4.10. The first-order chi connectivity index (χ1) is 9.25. The van der Waals surface area contributed by atoms with Crippen LogP contribution in [0.15, 0.2) is 24.3 Å². The van der Waals surface area contributed by atoms with Crippen LogP contribution in [-0.2, 0) is 4.74 Å². The average Bonchev–Trinajstić information content (AvgIpc) is 2.87. The van der Waals surface area contributed by atoms with Gasteiger partial charge in [-0.3, -0.25) is 4.79 Å². The molecule has 2 heteroatoms. The summed E-state index contributed by atoms with van der Waals surface area (Å²) in [5.41, 5.74) is 1.66. The highest BCUT2D eigenvalue weighted by molar-refractivity contribution is 6.02. The molecule has 0 atom stereocenters. The summed E-state index contributed by atoms with van der Waals surface area (Å²) in [4.78, 5) is 12.6. The molecule has 0 radical (unpaired) electrons. The topological polar surface area (TPSA) is 26.3 Å². The van der Waals surface area contributed by atoms with Gasteiger partial charge in [0.05, 0.1) is 0 Å². The van der Waals surface area contributed by atoms with Crippen molar-refractivity contribution in [2.75, 3.05) is 7.11 Å². The van der Waals surface area contributed by atoms with E-state index >= 15 is 0 Å². The molecule has 19 heavy (non-hydrogen) atoms. The monoisotopic (exact) mass is 258 g/mol. The van der Waals surface area contributed by atoms with Gasteiger partial charge in [0, 0.05) is 12.7 Å². The van der Waals surface area contributed by atoms with Gasteiger partial charge < -0.3 is 4.74 Å². The summed E-state index contributed by atoms with van der Waals surface area (Å²) >= 11 is 0. The van der Waals surface area contributed by atoms with Gasteiger partial charge in [-0.2, -0.15) is 0 Å². The fourth-order valence-corrected chi connectivity index (χ4v) is 3.38. The predicted molar refractivity (Wildman–Crippen MR) is 75.6 cm³/mol. The Hall–Kier alpha value is -1.15. The molecule has 1 aromatic rings. The molecule has 2 aliphatic carbocycles. The molecule has 2 saturated carbocycles. The molecule has 1 aromatic carbocycles. The van der Waals surface area contributed by atoms with Crippen LogP contribution in [0.5, 0.6) is 0 Å². The van der Waals surface area contributed by atoms with E-state index in [2.05, 4.69) is 12.1 Å². The smallest absolute Gasteiger partial charge is 0.194 e. The molecule has 3 rings (SSSR count). The van der Waals surface area contributed by atoms with Gasteiger partial charge in [-0.05, 0) is 50.0 Å². The molecule has 0 saturated heterocycles. The number of hydrogen-bond donors (Lipinski definition) is 0. The lowest BCUT2D eigenvalue weighted by Crippen LogP contribution is -2.37. The molecule has 2 nitrogen and oxygen atoms in total. The first-order valence-electron chi connectivity index (χ1n) is 7.45. The van der Waals surface area contributed by atoms with Crippen molar-refractivity contribution < 1.29 is 9.53 Å². The summed E-state index contributed by atoms with van der Waals surface area (Å²) in [5.74, 6) is 0.902. The molecule has 0 heterocycles. The molecular formula is C17H22O2. The van der Waals surface area contributed by atoms with E-state index in [1.54, 1.807) is 7.11 Å². The molecule has 102 valence electrons. The fraction of sp³-hybridized carbons (Fsp3) is 0.588. The average molecular weight is 258 g/mol. The lowest BCUT2D eigenvalue weighted by Gasteiger charge is -2.27. The SMILES string of the molecule is COC1(C(=O)c2ccc(C3CCC3)cc2)CCCC1. The second-order valence-electron chi connectivity index (χ2n) is 5.98. The number of benzene rings is 1. The minimum absolute atomic E-state index is 0.174. The zero-order valence-corrected chi connectivity index (χ0v) is 11.7. The van der Waals surface area contributed by atoms with Crippen molar-refractivity contribution in [2.24, 2.45) is 0 Å². The lowest BCUT2D eigenvalue weighted by atomic mass is 9.79. The number of carbonyl (C=O) groups is 1. The number of hydrogen-bond acceptors (Lipinski definition) is 2. The summed E-state index contributed by atoms with van der Waals surface area (Å²) in [6, 6.07) is 8.26. The minimum Gasteiger partial charge on any atom is -0.370 e. The fourth-order valence-electron chi connectivity index (χ4n) is 3.38. The summed E-state index contributed by atoms with van der Waals surface area (Å²) < 4.78 is 5.58. The number of ether oxygens (including phenoxy) is 1. The van der Waals surface area contributed by atoms with Gasteiger partial charge >= 0.3 is 0 Å². The number of methoxy groups -OCH3 is 1. The third-order valence-electron chi connectivity index (χ3n) is 4.97. The maximum atomic E-state index is 12.6. The van der Waals surface area contributed by atoms with Crippen molar-refractivity contribution in [3.05, 3.63) is 35.4 Å². The Morgan fingerprint density at radius 3 is 2.21 bits per heavy atom. The lowest BCUT2D eigenvalue weighted by molar-refractivity contribution is 0.00602. The van der Waals surface area contributed by atoms with Crippen LogP contribution in [0.4, 0.5) is 0 Å². The highest BCUT2D eigenvalue weighted by Crippen LogP contribution is 2.38. The van der Waals surface area contributed by atoms with Crippen LogP contribution in [0.1, 0.15) is 66.8 Å². The van der Waals surface area contributed by atoms with Crippen molar-refractivity contribution in [1.29, 1.82) is 0 Å². The van der Waals surface area contributed by atoms with Crippen molar-refractivity contribution in [1.82, 2.24) is 0 Å². The Labute approximate surface area is 115 Å². The molecule has 0 bridgehead atoms. The summed E-state index contributed by atoms with van der Waals surface area (Å²) in [5, 5.41) is 0. The maximum absolute atomic E-state index is 12.6. The van der Waals surface area contributed by atoms with Gasteiger partial charge in [-0.15, -0.1) is 0 Å². The first-order valence-corrected chi connectivity index (χ1v) is 7.45. The van der Waals surface area contributed by atoms with Gasteiger partial charge in [0.2, 0.25) is 0 Å². The minimum atomic E-state index is -0.544. The highest BCUT2D eigenvalue weighted by Gasteiger charge is 2.41. The Kier molecular flexibility index (Phi) is 3.44. The normalized spacial score (nSPS) is 22.2. The van der Waals surface area contributed by atoms with Crippen LogP contribution in [0.25, 0.3) is 0 Å². The number of Topliss-reactive ketones (excluding diaryl/α,β-unsaturated/α-hetero) is 1. The molecule has 0 aliphatic heterocycles. The standard InChI is InChI=1S/C17H22O2/c1-19-17(11-2-3-12-17)16(18)15-9-7-14(8-10-15)13-5-4-6-13/h7-10,13H,2-6,11-12H2,1H3. The maximum Gasteiger partial charge on any atom is 0.194 e. The largest absolute Gasteiger partial charge is 0.370 e. The molecule has 0 unspecified atom stereocenters. The number of rotatable bonds is 4. The van der Waals surface area contributed by atoms with Crippen molar-refractivity contribution in [3.8, 4) is 0 Å². The van der Waals surface area contributed by atoms with Crippen molar-refractivity contribution in [2.45, 2.75) is 56.5 Å². The molecule has 0 aromatic heterocycles. The van der Waals surface area contributed by atoms with Crippen LogP contribution in [0, 0.1) is 0 Å². The van der Waals surface area contributed by atoms with Crippen molar-refractivity contribution in [3.63, 3.8) is 0 Å².